The first-order valence-electron chi connectivity index (χ1n) is 4.75. The fourth-order valence-electron chi connectivity index (χ4n) is 1.56. The molecule has 84 valence electrons. The molecule has 0 saturated heterocycles. The molecule has 0 aliphatic rings. The molecule has 1 aromatic carbocycles. The molecule has 4 nitrogen and oxygen atoms in total. The van der Waals surface area contributed by atoms with Gasteiger partial charge in [0.2, 0.25) is 0 Å². The Morgan fingerprint density at radius 2 is 2.25 bits per heavy atom. The number of hydrogen-bond acceptors (Lipinski definition) is 3. The van der Waals surface area contributed by atoms with Crippen LogP contribution < -0.4 is 15.8 Å². The summed E-state index contributed by atoms with van der Waals surface area (Å²) in [6, 6.07) is 5.28. The fourth-order valence-corrected chi connectivity index (χ4v) is 2.70. The third-order valence-corrected chi connectivity index (χ3v) is 3.55. The summed E-state index contributed by atoms with van der Waals surface area (Å²) in [7, 11) is 1.63. The Morgan fingerprint density at radius 1 is 1.50 bits per heavy atom. The van der Waals surface area contributed by atoms with Crippen LogP contribution in [-0.2, 0) is 0 Å². The third-order valence-electron chi connectivity index (χ3n) is 2.38. The maximum absolute atomic E-state index is 10.8. The van der Waals surface area contributed by atoms with Crippen LogP contribution in [0.3, 0.4) is 0 Å². The van der Waals surface area contributed by atoms with Gasteiger partial charge in [0, 0.05) is 4.70 Å². The highest BCUT2D eigenvalue weighted by atomic mass is 32.1. The molecule has 0 spiro atoms. The summed E-state index contributed by atoms with van der Waals surface area (Å²) in [4.78, 5) is 10.8. The summed E-state index contributed by atoms with van der Waals surface area (Å²) in [5, 5.41) is 4.51. The Kier molecular flexibility index (Phi) is 2.70. The van der Waals surface area contributed by atoms with Gasteiger partial charge in [-0.15, -0.1) is 11.3 Å². The number of rotatable bonds is 2. The number of carbonyl (C=O) groups excluding carboxylic acids is 1. The number of primary amides is 1. The highest BCUT2D eigenvalue weighted by molar-refractivity contribution is 7.23. The lowest BCUT2D eigenvalue weighted by atomic mass is 10.2. The zero-order chi connectivity index (χ0) is 11.7. The third kappa shape index (κ3) is 1.81. The number of thiophene rings is 1. The van der Waals surface area contributed by atoms with E-state index in [0.29, 0.717) is 0 Å². The van der Waals surface area contributed by atoms with E-state index in [9.17, 15) is 4.79 Å². The van der Waals surface area contributed by atoms with Gasteiger partial charge in [-0.25, -0.2) is 4.79 Å². The van der Waals surface area contributed by atoms with Crippen LogP contribution in [0.1, 0.15) is 5.56 Å². The zero-order valence-corrected chi connectivity index (χ0v) is 9.85. The van der Waals surface area contributed by atoms with Crippen molar-refractivity contribution in [1.29, 1.82) is 0 Å². The molecular formula is C11H12N2O2S. The molecule has 0 fully saturated rings. The van der Waals surface area contributed by atoms with Crippen LogP contribution in [0.15, 0.2) is 18.2 Å². The zero-order valence-electron chi connectivity index (χ0n) is 9.03. The summed E-state index contributed by atoms with van der Waals surface area (Å²) >= 11 is 1.49. The van der Waals surface area contributed by atoms with E-state index in [1.54, 1.807) is 7.11 Å². The van der Waals surface area contributed by atoms with Crippen molar-refractivity contribution in [1.82, 2.24) is 0 Å². The second kappa shape index (κ2) is 4.02. The van der Waals surface area contributed by atoms with E-state index in [2.05, 4.69) is 5.32 Å². The van der Waals surface area contributed by atoms with E-state index in [-0.39, 0.29) is 0 Å². The minimum atomic E-state index is -0.540. The minimum Gasteiger partial charge on any atom is -0.497 e. The van der Waals surface area contributed by atoms with Gasteiger partial charge in [-0.1, -0.05) is 0 Å². The molecule has 2 aromatic rings. The largest absolute Gasteiger partial charge is 0.497 e. The van der Waals surface area contributed by atoms with Gasteiger partial charge >= 0.3 is 6.03 Å². The Hall–Kier alpha value is -1.75. The number of urea groups is 1. The summed E-state index contributed by atoms with van der Waals surface area (Å²) < 4.78 is 6.22. The highest BCUT2D eigenvalue weighted by Gasteiger charge is 2.10. The number of nitrogens with two attached hydrogens (primary N) is 1. The first-order chi connectivity index (χ1) is 7.61. The standard InChI is InChI=1S/C11H12N2O2S/c1-6-8-4-3-7(15-2)5-9(8)16-10(6)13-11(12)14/h3-5H,1-2H3,(H3,12,13,14). The highest BCUT2D eigenvalue weighted by Crippen LogP contribution is 2.36. The van der Waals surface area contributed by atoms with Crippen molar-refractivity contribution in [2.24, 2.45) is 5.73 Å². The molecule has 0 bridgehead atoms. The summed E-state index contributed by atoms with van der Waals surface area (Å²) in [5.41, 5.74) is 6.13. The molecule has 0 aliphatic heterocycles. The van der Waals surface area contributed by atoms with Crippen molar-refractivity contribution in [2.45, 2.75) is 6.92 Å². The van der Waals surface area contributed by atoms with E-state index < -0.39 is 6.03 Å². The van der Waals surface area contributed by atoms with Gasteiger partial charge in [-0.3, -0.25) is 5.32 Å². The van der Waals surface area contributed by atoms with Gasteiger partial charge in [-0.05, 0) is 36.1 Å². The summed E-state index contributed by atoms with van der Waals surface area (Å²) in [6.07, 6.45) is 0. The second-order valence-corrected chi connectivity index (χ2v) is 4.46. The molecule has 16 heavy (non-hydrogen) atoms. The molecule has 0 saturated carbocycles. The van der Waals surface area contributed by atoms with Crippen LogP contribution in [0.4, 0.5) is 9.80 Å². The van der Waals surface area contributed by atoms with Crippen molar-refractivity contribution >= 4 is 32.5 Å². The molecule has 3 N–H and O–H groups in total. The topological polar surface area (TPSA) is 64.3 Å². The number of methoxy groups -OCH3 is 1. The first kappa shape index (κ1) is 10.8. The van der Waals surface area contributed by atoms with Gasteiger partial charge in [-0.2, -0.15) is 0 Å². The Morgan fingerprint density at radius 3 is 2.88 bits per heavy atom. The number of benzene rings is 1. The number of fused-ring (bicyclic) bond motifs is 1. The van der Waals surface area contributed by atoms with E-state index in [0.717, 1.165) is 26.4 Å². The van der Waals surface area contributed by atoms with Crippen LogP contribution in [0, 0.1) is 6.92 Å². The van der Waals surface area contributed by atoms with Gasteiger partial charge in [0.1, 0.15) is 10.8 Å². The molecule has 2 rings (SSSR count). The predicted octanol–water partition coefficient (Wildman–Crippen LogP) is 2.71. The lowest BCUT2D eigenvalue weighted by Crippen LogP contribution is -2.18. The van der Waals surface area contributed by atoms with Crippen LogP contribution in [0.25, 0.3) is 10.1 Å². The summed E-state index contributed by atoms with van der Waals surface area (Å²) in [5.74, 6) is 0.805. The smallest absolute Gasteiger partial charge is 0.317 e. The minimum absolute atomic E-state index is 0.540. The van der Waals surface area contributed by atoms with Crippen molar-refractivity contribution in [3.05, 3.63) is 23.8 Å². The molecule has 0 aliphatic carbocycles. The van der Waals surface area contributed by atoms with Crippen LogP contribution in [-0.4, -0.2) is 13.1 Å². The fraction of sp³-hybridized carbons (Fsp3) is 0.182. The molecule has 0 atom stereocenters. The number of nitrogens with one attached hydrogen (secondary N) is 1. The quantitative estimate of drug-likeness (QED) is 0.842. The van der Waals surface area contributed by atoms with Crippen molar-refractivity contribution in [2.75, 3.05) is 12.4 Å². The number of amides is 2. The maximum atomic E-state index is 10.8. The van der Waals surface area contributed by atoms with Crippen LogP contribution in [0.5, 0.6) is 5.75 Å². The number of hydrogen-bond donors (Lipinski definition) is 2. The van der Waals surface area contributed by atoms with Crippen molar-refractivity contribution in [3.8, 4) is 5.75 Å². The van der Waals surface area contributed by atoms with E-state index in [1.165, 1.54) is 11.3 Å². The predicted molar refractivity (Wildman–Crippen MR) is 66.3 cm³/mol. The Labute approximate surface area is 97.0 Å². The van der Waals surface area contributed by atoms with E-state index >= 15 is 0 Å². The second-order valence-electron chi connectivity index (χ2n) is 3.41. The lowest BCUT2D eigenvalue weighted by molar-refractivity contribution is 0.259. The normalized spacial score (nSPS) is 10.4. The van der Waals surface area contributed by atoms with Crippen LogP contribution in [0.2, 0.25) is 0 Å². The molecule has 5 heteroatoms. The van der Waals surface area contributed by atoms with Gasteiger partial charge in [0.25, 0.3) is 0 Å². The summed E-state index contributed by atoms with van der Waals surface area (Å²) in [6.45, 7) is 1.95. The SMILES string of the molecule is COc1ccc2c(C)c(NC(N)=O)sc2c1. The van der Waals surface area contributed by atoms with Crippen molar-refractivity contribution < 1.29 is 9.53 Å². The average molecular weight is 236 g/mol. The lowest BCUT2D eigenvalue weighted by Gasteiger charge is -1.99. The Bertz CT molecular complexity index is 548. The molecular weight excluding hydrogens is 224 g/mol. The molecule has 1 heterocycles. The van der Waals surface area contributed by atoms with E-state index in [4.69, 9.17) is 10.5 Å². The number of carbonyl (C=O) groups is 1. The number of anilines is 1. The van der Waals surface area contributed by atoms with Crippen LogP contribution >= 0.6 is 11.3 Å². The van der Waals surface area contributed by atoms with Gasteiger partial charge in [0.15, 0.2) is 0 Å². The molecule has 0 unspecified atom stereocenters. The van der Waals surface area contributed by atoms with E-state index in [1.807, 2.05) is 25.1 Å². The molecule has 2 amide bonds. The van der Waals surface area contributed by atoms with Gasteiger partial charge in [0.05, 0.1) is 7.11 Å². The first-order valence-corrected chi connectivity index (χ1v) is 5.57. The number of aryl methyl sites for hydroxylation is 1. The maximum Gasteiger partial charge on any atom is 0.317 e. The Balaban J connectivity index is 2.54. The monoisotopic (exact) mass is 236 g/mol. The van der Waals surface area contributed by atoms with Gasteiger partial charge < -0.3 is 10.5 Å². The molecule has 1 aromatic heterocycles. The molecule has 0 radical (unpaired) electrons. The number of ether oxygens (including phenoxy) is 1. The van der Waals surface area contributed by atoms with Crippen molar-refractivity contribution in [3.63, 3.8) is 0 Å². The average Bonchev–Trinajstić information content (AvgIpc) is 2.54.